The molecule has 29 heavy (non-hydrogen) atoms. The lowest BCUT2D eigenvalue weighted by atomic mass is 10.1. The van der Waals surface area contributed by atoms with Crippen molar-refractivity contribution in [3.05, 3.63) is 75.8 Å². The summed E-state index contributed by atoms with van der Waals surface area (Å²) in [6.45, 7) is 2.72. The lowest BCUT2D eigenvalue weighted by Gasteiger charge is -2.21. The number of carbonyl (C=O) groups is 2. The van der Waals surface area contributed by atoms with E-state index in [9.17, 15) is 9.59 Å². The number of carbonyl (C=O) groups excluding carboxylic acids is 2. The minimum Gasteiger partial charge on any atom is -0.311 e. The highest BCUT2D eigenvalue weighted by atomic mass is 32.1. The first-order valence-electron chi connectivity index (χ1n) is 9.87. The van der Waals surface area contributed by atoms with Crippen LogP contribution in [0.4, 0.5) is 10.8 Å². The molecule has 0 fully saturated rings. The quantitative estimate of drug-likeness (QED) is 0.708. The van der Waals surface area contributed by atoms with E-state index >= 15 is 0 Å². The lowest BCUT2D eigenvalue weighted by Crippen LogP contribution is -2.33. The summed E-state index contributed by atoms with van der Waals surface area (Å²) < 4.78 is 0. The Labute approximate surface area is 173 Å². The Hall–Kier alpha value is -2.99. The predicted octanol–water partition coefficient (Wildman–Crippen LogP) is 4.32. The first kappa shape index (κ1) is 18.1. The number of hydrogen-bond acceptors (Lipinski definition) is 4. The van der Waals surface area contributed by atoms with E-state index in [0.717, 1.165) is 47.6 Å². The Bertz CT molecular complexity index is 1100. The van der Waals surface area contributed by atoms with E-state index in [2.05, 4.69) is 16.4 Å². The number of para-hydroxylation sites is 1. The standard InChI is InChI=1S/C23H21N3O2S/c1-14-6-8-16(9-7-14)21(27)25-23-24-20-17(10-11-19(20)29-23)22(28)26-13-12-15-4-2-3-5-18(15)26/h2-9,17H,10-13H2,1H3,(H,24,25,27). The van der Waals surface area contributed by atoms with Gasteiger partial charge in [-0.2, -0.15) is 0 Å². The van der Waals surface area contributed by atoms with E-state index in [4.69, 9.17) is 0 Å². The predicted molar refractivity (Wildman–Crippen MR) is 115 cm³/mol. The largest absolute Gasteiger partial charge is 0.311 e. The van der Waals surface area contributed by atoms with Crippen molar-refractivity contribution in [2.45, 2.75) is 32.1 Å². The Kier molecular flexibility index (Phi) is 4.43. The zero-order valence-corrected chi connectivity index (χ0v) is 17.0. The van der Waals surface area contributed by atoms with Crippen molar-refractivity contribution in [3.8, 4) is 0 Å². The van der Waals surface area contributed by atoms with Crippen molar-refractivity contribution in [2.24, 2.45) is 0 Å². The van der Waals surface area contributed by atoms with Gasteiger partial charge >= 0.3 is 0 Å². The zero-order valence-electron chi connectivity index (χ0n) is 16.1. The van der Waals surface area contributed by atoms with Crippen LogP contribution in [0.1, 0.15) is 44.4 Å². The summed E-state index contributed by atoms with van der Waals surface area (Å²) in [5, 5.41) is 3.46. The van der Waals surface area contributed by atoms with Crippen molar-refractivity contribution >= 4 is 34.0 Å². The molecule has 5 nitrogen and oxygen atoms in total. The van der Waals surface area contributed by atoms with Gasteiger partial charge in [0.1, 0.15) is 0 Å². The molecule has 1 aliphatic heterocycles. The molecule has 0 radical (unpaired) electrons. The first-order valence-corrected chi connectivity index (χ1v) is 10.7. The van der Waals surface area contributed by atoms with Gasteiger partial charge in [0, 0.05) is 22.7 Å². The van der Waals surface area contributed by atoms with Gasteiger partial charge in [0.15, 0.2) is 5.13 Å². The molecule has 0 bridgehead atoms. The fraction of sp³-hybridized carbons (Fsp3) is 0.261. The molecule has 0 saturated heterocycles. The summed E-state index contributed by atoms with van der Waals surface area (Å²) in [5.74, 6) is -0.276. The third-order valence-corrected chi connectivity index (χ3v) is 6.75. The van der Waals surface area contributed by atoms with Crippen LogP contribution in [0.5, 0.6) is 0 Å². The fourth-order valence-electron chi connectivity index (χ4n) is 4.15. The SMILES string of the molecule is Cc1ccc(C(=O)Nc2nc3c(s2)CCC3C(=O)N2CCc3ccccc32)cc1. The second-order valence-corrected chi connectivity index (χ2v) is 8.69. The van der Waals surface area contributed by atoms with E-state index in [-0.39, 0.29) is 17.7 Å². The second-order valence-electron chi connectivity index (χ2n) is 7.61. The average molecular weight is 404 g/mol. The topological polar surface area (TPSA) is 62.3 Å². The summed E-state index contributed by atoms with van der Waals surface area (Å²) in [7, 11) is 0. The van der Waals surface area contributed by atoms with E-state index in [0.29, 0.717) is 10.7 Å². The van der Waals surface area contributed by atoms with Gasteiger partial charge in [0.25, 0.3) is 5.91 Å². The second kappa shape index (κ2) is 7.12. The number of thiazole rings is 1. The molecule has 2 amide bonds. The summed E-state index contributed by atoms with van der Waals surface area (Å²) >= 11 is 1.48. The van der Waals surface area contributed by atoms with Crippen LogP contribution in [0, 0.1) is 6.92 Å². The number of benzene rings is 2. The van der Waals surface area contributed by atoms with Gasteiger partial charge in [-0.15, -0.1) is 11.3 Å². The molecule has 0 saturated carbocycles. The van der Waals surface area contributed by atoms with E-state index < -0.39 is 0 Å². The number of aromatic nitrogens is 1. The highest BCUT2D eigenvalue weighted by molar-refractivity contribution is 7.16. The van der Waals surface area contributed by atoms with Crippen LogP contribution in [0.15, 0.2) is 48.5 Å². The molecule has 2 aliphatic rings. The average Bonchev–Trinajstić information content (AvgIpc) is 3.41. The minimum absolute atomic E-state index is 0.121. The zero-order chi connectivity index (χ0) is 20.0. The summed E-state index contributed by atoms with van der Waals surface area (Å²) in [4.78, 5) is 33.4. The number of rotatable bonds is 3. The molecule has 5 rings (SSSR count). The molecule has 0 spiro atoms. The van der Waals surface area contributed by atoms with Crippen LogP contribution in [-0.2, 0) is 17.6 Å². The summed E-state index contributed by atoms with van der Waals surface area (Å²) in [6, 6.07) is 15.6. The fourth-order valence-corrected chi connectivity index (χ4v) is 5.18. The molecule has 146 valence electrons. The first-order chi connectivity index (χ1) is 14.1. The van der Waals surface area contributed by atoms with Crippen molar-refractivity contribution in [1.82, 2.24) is 4.98 Å². The highest BCUT2D eigenvalue weighted by Crippen LogP contribution is 2.41. The molecular formula is C23H21N3O2S. The number of aryl methyl sites for hydroxylation is 2. The molecule has 1 aromatic heterocycles. The van der Waals surface area contributed by atoms with Gasteiger partial charge in [-0.05, 0) is 49.9 Å². The molecular weight excluding hydrogens is 382 g/mol. The highest BCUT2D eigenvalue weighted by Gasteiger charge is 2.37. The molecule has 1 aliphatic carbocycles. The number of nitrogens with one attached hydrogen (secondary N) is 1. The van der Waals surface area contributed by atoms with Crippen LogP contribution in [0.2, 0.25) is 0 Å². The van der Waals surface area contributed by atoms with Gasteiger partial charge in [-0.25, -0.2) is 4.98 Å². The number of hydrogen-bond donors (Lipinski definition) is 1. The maximum atomic E-state index is 13.3. The Balaban J connectivity index is 1.34. The number of fused-ring (bicyclic) bond motifs is 2. The smallest absolute Gasteiger partial charge is 0.257 e. The third-order valence-electron chi connectivity index (χ3n) is 5.70. The molecule has 1 atom stereocenters. The normalized spacial score (nSPS) is 17.1. The van der Waals surface area contributed by atoms with Crippen molar-refractivity contribution in [1.29, 1.82) is 0 Å². The molecule has 3 aromatic rings. The van der Waals surface area contributed by atoms with Crippen LogP contribution in [0.3, 0.4) is 0 Å². The maximum absolute atomic E-state index is 13.3. The van der Waals surface area contributed by atoms with Gasteiger partial charge < -0.3 is 4.90 Å². The Morgan fingerprint density at radius 1 is 1.10 bits per heavy atom. The molecule has 1 unspecified atom stereocenters. The Morgan fingerprint density at radius 3 is 2.72 bits per heavy atom. The molecule has 2 aromatic carbocycles. The Morgan fingerprint density at radius 2 is 1.90 bits per heavy atom. The minimum atomic E-state index is -0.225. The van der Waals surface area contributed by atoms with Crippen molar-refractivity contribution < 1.29 is 9.59 Å². The van der Waals surface area contributed by atoms with Gasteiger partial charge in [-0.3, -0.25) is 14.9 Å². The van der Waals surface area contributed by atoms with E-state index in [1.807, 2.05) is 54.3 Å². The van der Waals surface area contributed by atoms with Crippen LogP contribution < -0.4 is 10.2 Å². The van der Waals surface area contributed by atoms with Gasteiger partial charge in [0.2, 0.25) is 5.91 Å². The van der Waals surface area contributed by atoms with Gasteiger partial charge in [-0.1, -0.05) is 35.9 Å². The third kappa shape index (κ3) is 3.23. The molecule has 1 N–H and O–H groups in total. The number of amides is 2. The molecule has 2 heterocycles. The van der Waals surface area contributed by atoms with Gasteiger partial charge in [0.05, 0.1) is 11.6 Å². The monoisotopic (exact) mass is 403 g/mol. The lowest BCUT2D eigenvalue weighted by molar-refractivity contribution is -0.120. The van der Waals surface area contributed by atoms with Crippen molar-refractivity contribution in [2.75, 3.05) is 16.8 Å². The van der Waals surface area contributed by atoms with Crippen LogP contribution in [-0.4, -0.2) is 23.3 Å². The number of nitrogens with zero attached hydrogens (tertiary/aromatic N) is 2. The van der Waals surface area contributed by atoms with Crippen LogP contribution >= 0.6 is 11.3 Å². The van der Waals surface area contributed by atoms with E-state index in [1.54, 1.807) is 0 Å². The van der Waals surface area contributed by atoms with Crippen molar-refractivity contribution in [3.63, 3.8) is 0 Å². The number of anilines is 2. The molecule has 6 heteroatoms. The summed E-state index contributed by atoms with van der Waals surface area (Å²) in [5.41, 5.74) is 4.80. The van der Waals surface area contributed by atoms with Crippen LogP contribution in [0.25, 0.3) is 0 Å². The summed E-state index contributed by atoms with van der Waals surface area (Å²) in [6.07, 6.45) is 2.52. The maximum Gasteiger partial charge on any atom is 0.257 e. The van der Waals surface area contributed by atoms with E-state index in [1.165, 1.54) is 16.9 Å².